The highest BCUT2D eigenvalue weighted by Crippen LogP contribution is 2.28. The van der Waals surface area contributed by atoms with E-state index in [-0.39, 0.29) is 24.2 Å². The minimum absolute atomic E-state index is 0.170. The monoisotopic (exact) mass is 431 g/mol. The first-order valence-electron chi connectivity index (χ1n) is 9.04. The number of carbonyl (C=O) groups excluding carboxylic acids is 3. The molecule has 2 aromatic carbocycles. The summed E-state index contributed by atoms with van der Waals surface area (Å²) >= 11 is 0. The van der Waals surface area contributed by atoms with Crippen molar-refractivity contribution in [3.63, 3.8) is 0 Å². The van der Waals surface area contributed by atoms with E-state index in [2.05, 4.69) is 10.6 Å². The molecule has 0 saturated heterocycles. The molecule has 0 fully saturated rings. The summed E-state index contributed by atoms with van der Waals surface area (Å²) in [6, 6.07) is 10.2. The number of carbonyl (C=O) groups is 3. The summed E-state index contributed by atoms with van der Waals surface area (Å²) in [6.45, 7) is -0.541. The van der Waals surface area contributed by atoms with Crippen molar-refractivity contribution >= 4 is 34.8 Å². The fourth-order valence-electron chi connectivity index (χ4n) is 2.44. The maximum atomic E-state index is 12.0. The van der Waals surface area contributed by atoms with Crippen LogP contribution in [-0.2, 0) is 19.1 Å². The van der Waals surface area contributed by atoms with Crippen molar-refractivity contribution < 1.29 is 33.5 Å². The third-order valence-corrected chi connectivity index (χ3v) is 3.94. The molecular weight excluding hydrogens is 410 g/mol. The topological polar surface area (TPSA) is 146 Å². The molecule has 11 heteroatoms. The molecule has 31 heavy (non-hydrogen) atoms. The van der Waals surface area contributed by atoms with Crippen LogP contribution in [0.5, 0.6) is 11.5 Å². The molecule has 2 amide bonds. The molecule has 0 bridgehead atoms. The number of hydrogen-bond donors (Lipinski definition) is 2. The number of non-ortho nitro benzene ring substituents is 1. The fraction of sp³-hybridized carbons (Fsp3) is 0.250. The average Bonchev–Trinajstić information content (AvgIpc) is 2.76. The summed E-state index contributed by atoms with van der Waals surface area (Å²) < 4.78 is 15.1. The Morgan fingerprint density at radius 3 is 2.42 bits per heavy atom. The van der Waals surface area contributed by atoms with E-state index in [4.69, 9.17) is 14.2 Å². The number of nitro benzene ring substituents is 1. The summed E-state index contributed by atoms with van der Waals surface area (Å²) in [5.41, 5.74) is 0.442. The van der Waals surface area contributed by atoms with E-state index in [1.807, 2.05) is 0 Å². The van der Waals surface area contributed by atoms with Crippen molar-refractivity contribution in [3.8, 4) is 11.5 Å². The van der Waals surface area contributed by atoms with Gasteiger partial charge in [-0.15, -0.1) is 0 Å². The summed E-state index contributed by atoms with van der Waals surface area (Å²) in [5, 5.41) is 15.8. The van der Waals surface area contributed by atoms with Gasteiger partial charge in [-0.1, -0.05) is 6.07 Å². The second-order valence-corrected chi connectivity index (χ2v) is 6.13. The predicted octanol–water partition coefficient (Wildman–Crippen LogP) is 2.51. The summed E-state index contributed by atoms with van der Waals surface area (Å²) in [4.78, 5) is 45.9. The van der Waals surface area contributed by atoms with Crippen LogP contribution in [-0.4, -0.2) is 43.5 Å². The van der Waals surface area contributed by atoms with E-state index in [1.165, 1.54) is 38.5 Å². The average molecular weight is 431 g/mol. The Morgan fingerprint density at radius 2 is 1.74 bits per heavy atom. The zero-order valence-electron chi connectivity index (χ0n) is 16.9. The standard InChI is InChI=1S/C20H21N3O8/c1-29-15-6-7-16(17(11-15)30-2)22-19(25)12-31-20(26)9-8-18(24)21-13-4-3-5-14(10-13)23(27)28/h3-7,10-11H,8-9,12H2,1-2H3,(H,21,24)(H,22,25). The number of rotatable bonds is 10. The van der Waals surface area contributed by atoms with Gasteiger partial charge < -0.3 is 24.8 Å². The number of esters is 1. The molecule has 164 valence electrons. The lowest BCUT2D eigenvalue weighted by Gasteiger charge is -2.11. The van der Waals surface area contributed by atoms with Gasteiger partial charge in [-0.25, -0.2) is 0 Å². The SMILES string of the molecule is COc1ccc(NC(=O)COC(=O)CCC(=O)Nc2cccc([N+](=O)[O-])c2)c(OC)c1. The number of hydrogen-bond acceptors (Lipinski definition) is 8. The van der Waals surface area contributed by atoms with Crippen molar-refractivity contribution in [2.24, 2.45) is 0 Å². The molecule has 0 spiro atoms. The Bertz CT molecular complexity index is 977. The van der Waals surface area contributed by atoms with Crippen LogP contribution in [0.1, 0.15) is 12.8 Å². The van der Waals surface area contributed by atoms with Gasteiger partial charge in [-0.2, -0.15) is 0 Å². The number of anilines is 2. The smallest absolute Gasteiger partial charge is 0.306 e. The Labute approximate surface area is 177 Å². The van der Waals surface area contributed by atoms with Gasteiger partial charge in [0.1, 0.15) is 11.5 Å². The van der Waals surface area contributed by atoms with Crippen LogP contribution in [0.3, 0.4) is 0 Å². The van der Waals surface area contributed by atoms with Gasteiger partial charge in [0, 0.05) is 30.3 Å². The zero-order valence-corrected chi connectivity index (χ0v) is 16.9. The Kier molecular flexibility index (Phi) is 8.31. The third kappa shape index (κ3) is 7.31. The molecule has 0 saturated carbocycles. The summed E-state index contributed by atoms with van der Waals surface area (Å²) in [6.07, 6.45) is -0.477. The molecular formula is C20H21N3O8. The van der Waals surface area contributed by atoms with Gasteiger partial charge in [0.2, 0.25) is 5.91 Å². The molecule has 0 radical (unpaired) electrons. The van der Waals surface area contributed by atoms with Crippen molar-refractivity contribution in [1.82, 2.24) is 0 Å². The lowest BCUT2D eigenvalue weighted by atomic mass is 10.2. The third-order valence-electron chi connectivity index (χ3n) is 3.94. The Morgan fingerprint density at radius 1 is 0.968 bits per heavy atom. The highest BCUT2D eigenvalue weighted by atomic mass is 16.6. The second-order valence-electron chi connectivity index (χ2n) is 6.13. The first kappa shape index (κ1) is 23.1. The van der Waals surface area contributed by atoms with Crippen molar-refractivity contribution in [2.75, 3.05) is 31.5 Å². The van der Waals surface area contributed by atoms with Crippen LogP contribution in [0.25, 0.3) is 0 Å². The largest absolute Gasteiger partial charge is 0.497 e. The van der Waals surface area contributed by atoms with Gasteiger partial charge in [0.05, 0.1) is 31.3 Å². The number of nitrogens with zero attached hydrogens (tertiary/aromatic N) is 1. The quantitative estimate of drug-likeness (QED) is 0.331. The van der Waals surface area contributed by atoms with Gasteiger partial charge in [0.25, 0.3) is 11.6 Å². The van der Waals surface area contributed by atoms with Crippen LogP contribution >= 0.6 is 0 Å². The van der Waals surface area contributed by atoms with E-state index in [1.54, 1.807) is 18.2 Å². The van der Waals surface area contributed by atoms with Gasteiger partial charge >= 0.3 is 5.97 Å². The predicted molar refractivity (Wildman–Crippen MR) is 110 cm³/mol. The number of benzene rings is 2. The van der Waals surface area contributed by atoms with E-state index in [0.29, 0.717) is 17.2 Å². The molecule has 11 nitrogen and oxygen atoms in total. The zero-order chi connectivity index (χ0) is 22.8. The van der Waals surface area contributed by atoms with Crippen LogP contribution in [0, 0.1) is 10.1 Å². The maximum absolute atomic E-state index is 12.0. The highest BCUT2D eigenvalue weighted by Gasteiger charge is 2.14. The van der Waals surface area contributed by atoms with Crippen molar-refractivity contribution in [2.45, 2.75) is 12.8 Å². The van der Waals surface area contributed by atoms with Crippen LogP contribution < -0.4 is 20.1 Å². The van der Waals surface area contributed by atoms with Gasteiger partial charge in [-0.3, -0.25) is 24.5 Å². The number of amides is 2. The lowest BCUT2D eigenvalue weighted by Crippen LogP contribution is -2.22. The van der Waals surface area contributed by atoms with Gasteiger partial charge in [0.15, 0.2) is 6.61 Å². The maximum Gasteiger partial charge on any atom is 0.306 e. The Hall–Kier alpha value is -4.15. The van der Waals surface area contributed by atoms with Crippen LogP contribution in [0.4, 0.5) is 17.1 Å². The molecule has 0 aliphatic heterocycles. The van der Waals surface area contributed by atoms with E-state index in [0.717, 1.165) is 0 Å². The first-order chi connectivity index (χ1) is 14.8. The summed E-state index contributed by atoms with van der Waals surface area (Å²) in [7, 11) is 2.93. The van der Waals surface area contributed by atoms with E-state index < -0.39 is 29.3 Å². The molecule has 0 aliphatic carbocycles. The second kappa shape index (κ2) is 11.1. The lowest BCUT2D eigenvalue weighted by molar-refractivity contribution is -0.384. The van der Waals surface area contributed by atoms with Crippen LogP contribution in [0.2, 0.25) is 0 Å². The van der Waals surface area contributed by atoms with E-state index >= 15 is 0 Å². The number of nitro groups is 1. The molecule has 0 unspecified atom stereocenters. The van der Waals surface area contributed by atoms with Crippen LogP contribution in [0.15, 0.2) is 42.5 Å². The normalized spacial score (nSPS) is 10.0. The molecule has 2 N–H and O–H groups in total. The molecule has 0 aliphatic rings. The van der Waals surface area contributed by atoms with E-state index in [9.17, 15) is 24.5 Å². The Balaban J connectivity index is 1.76. The molecule has 0 aromatic heterocycles. The van der Waals surface area contributed by atoms with Crippen molar-refractivity contribution in [3.05, 3.63) is 52.6 Å². The minimum Gasteiger partial charge on any atom is -0.497 e. The molecule has 0 heterocycles. The molecule has 2 rings (SSSR count). The number of methoxy groups -OCH3 is 2. The number of nitrogens with one attached hydrogen (secondary N) is 2. The van der Waals surface area contributed by atoms with Gasteiger partial charge in [-0.05, 0) is 18.2 Å². The minimum atomic E-state index is -0.744. The van der Waals surface area contributed by atoms with Crippen molar-refractivity contribution in [1.29, 1.82) is 0 Å². The number of ether oxygens (including phenoxy) is 3. The summed E-state index contributed by atoms with van der Waals surface area (Å²) in [5.74, 6) is -0.935. The fourth-order valence-corrected chi connectivity index (χ4v) is 2.44. The highest BCUT2D eigenvalue weighted by molar-refractivity contribution is 5.95. The molecule has 0 atom stereocenters. The molecule has 2 aromatic rings. The first-order valence-corrected chi connectivity index (χ1v) is 9.04.